The molecule has 2 N–H and O–H groups in total. The number of imidazole rings is 1. The molecule has 0 aliphatic carbocycles. The van der Waals surface area contributed by atoms with Crippen molar-refractivity contribution in [1.29, 1.82) is 0 Å². The molecule has 1 atom stereocenters. The molecule has 1 saturated heterocycles. The Hall–Kier alpha value is -1.95. The van der Waals surface area contributed by atoms with Crippen LogP contribution in [-0.2, 0) is 0 Å². The van der Waals surface area contributed by atoms with Gasteiger partial charge in [-0.2, -0.15) is 8.78 Å². The number of aromatic amines is 1. The van der Waals surface area contributed by atoms with Gasteiger partial charge in [-0.05, 0) is 42.8 Å². The second-order valence-corrected chi connectivity index (χ2v) is 4.77. The average molecular weight is 279 g/mol. The molecule has 0 spiro atoms. The van der Waals surface area contributed by atoms with Gasteiger partial charge >= 0.3 is 6.61 Å². The van der Waals surface area contributed by atoms with Crippen molar-refractivity contribution in [3.8, 4) is 17.0 Å². The number of alkyl halides is 2. The molecule has 1 aromatic heterocycles. The van der Waals surface area contributed by atoms with Gasteiger partial charge in [0.1, 0.15) is 11.6 Å². The highest BCUT2D eigenvalue weighted by molar-refractivity contribution is 5.59. The summed E-state index contributed by atoms with van der Waals surface area (Å²) in [6, 6.07) is 6.53. The van der Waals surface area contributed by atoms with Crippen LogP contribution in [0.5, 0.6) is 5.75 Å². The first-order valence-corrected chi connectivity index (χ1v) is 6.53. The van der Waals surface area contributed by atoms with Gasteiger partial charge < -0.3 is 15.0 Å². The highest BCUT2D eigenvalue weighted by Crippen LogP contribution is 2.25. The lowest BCUT2D eigenvalue weighted by Crippen LogP contribution is -2.08. The molecule has 20 heavy (non-hydrogen) atoms. The number of benzene rings is 1. The van der Waals surface area contributed by atoms with Crippen LogP contribution in [0.3, 0.4) is 0 Å². The van der Waals surface area contributed by atoms with Gasteiger partial charge in [0, 0.05) is 12.5 Å². The monoisotopic (exact) mass is 279 g/mol. The number of ether oxygens (including phenoxy) is 1. The van der Waals surface area contributed by atoms with E-state index in [1.54, 1.807) is 18.3 Å². The molecule has 0 amide bonds. The SMILES string of the molecule is FC(F)Oc1ccc(-c2cnc(C3CCNC3)[nH]2)cc1. The topological polar surface area (TPSA) is 49.9 Å². The Kier molecular flexibility index (Phi) is 3.64. The van der Waals surface area contributed by atoms with Gasteiger partial charge in [0.05, 0.1) is 11.9 Å². The molecule has 4 nitrogen and oxygen atoms in total. The number of halogens is 2. The van der Waals surface area contributed by atoms with E-state index in [1.165, 1.54) is 12.1 Å². The van der Waals surface area contributed by atoms with Crippen LogP contribution in [0.25, 0.3) is 11.3 Å². The lowest BCUT2D eigenvalue weighted by molar-refractivity contribution is -0.0498. The van der Waals surface area contributed by atoms with Gasteiger partial charge in [0.25, 0.3) is 0 Å². The predicted molar refractivity (Wildman–Crippen MR) is 70.9 cm³/mol. The largest absolute Gasteiger partial charge is 0.435 e. The minimum atomic E-state index is -2.80. The fourth-order valence-electron chi connectivity index (χ4n) is 2.39. The summed E-state index contributed by atoms with van der Waals surface area (Å²) in [5, 5.41) is 3.30. The molecule has 1 unspecified atom stereocenters. The first-order chi connectivity index (χ1) is 9.72. The van der Waals surface area contributed by atoms with Crippen molar-refractivity contribution in [2.45, 2.75) is 19.0 Å². The minimum absolute atomic E-state index is 0.156. The van der Waals surface area contributed by atoms with E-state index in [4.69, 9.17) is 0 Å². The standard InChI is InChI=1S/C14H15F2N3O/c15-14(16)20-11-3-1-9(2-4-11)12-8-18-13(19-12)10-5-6-17-7-10/h1-4,8,10,14,17H,5-7H2,(H,18,19). The Morgan fingerprint density at radius 3 is 2.70 bits per heavy atom. The summed E-state index contributed by atoms with van der Waals surface area (Å²) < 4.78 is 28.5. The van der Waals surface area contributed by atoms with E-state index < -0.39 is 6.61 Å². The van der Waals surface area contributed by atoms with Crippen molar-refractivity contribution >= 4 is 0 Å². The Labute approximate surface area is 115 Å². The number of aromatic nitrogens is 2. The average Bonchev–Trinajstić information content (AvgIpc) is 3.10. The molecular formula is C14H15F2N3O. The number of hydrogen-bond donors (Lipinski definition) is 2. The van der Waals surface area contributed by atoms with Crippen molar-refractivity contribution in [2.24, 2.45) is 0 Å². The third kappa shape index (κ3) is 2.80. The van der Waals surface area contributed by atoms with Crippen molar-refractivity contribution in [3.05, 3.63) is 36.3 Å². The zero-order valence-corrected chi connectivity index (χ0v) is 10.8. The third-order valence-corrected chi connectivity index (χ3v) is 3.43. The number of nitrogens with one attached hydrogen (secondary N) is 2. The van der Waals surface area contributed by atoms with Crippen LogP contribution < -0.4 is 10.1 Å². The van der Waals surface area contributed by atoms with E-state index in [0.29, 0.717) is 5.92 Å². The Morgan fingerprint density at radius 2 is 2.05 bits per heavy atom. The fraction of sp³-hybridized carbons (Fsp3) is 0.357. The molecule has 2 aromatic rings. The molecule has 6 heteroatoms. The van der Waals surface area contributed by atoms with E-state index >= 15 is 0 Å². The number of H-pyrrole nitrogens is 1. The minimum Gasteiger partial charge on any atom is -0.435 e. The molecule has 0 bridgehead atoms. The lowest BCUT2D eigenvalue weighted by Gasteiger charge is -2.05. The van der Waals surface area contributed by atoms with E-state index in [9.17, 15) is 8.78 Å². The molecule has 2 heterocycles. The number of rotatable bonds is 4. The summed E-state index contributed by atoms with van der Waals surface area (Å²) in [5.41, 5.74) is 1.78. The van der Waals surface area contributed by atoms with Gasteiger partial charge in [-0.15, -0.1) is 0 Å². The maximum Gasteiger partial charge on any atom is 0.387 e. The summed E-state index contributed by atoms with van der Waals surface area (Å²) in [6.45, 7) is -0.844. The predicted octanol–water partition coefficient (Wildman–Crippen LogP) is 2.75. The maximum absolute atomic E-state index is 12.1. The quantitative estimate of drug-likeness (QED) is 0.904. The summed E-state index contributed by atoms with van der Waals surface area (Å²) >= 11 is 0. The zero-order valence-electron chi connectivity index (χ0n) is 10.8. The molecule has 3 rings (SSSR count). The second kappa shape index (κ2) is 5.58. The van der Waals surface area contributed by atoms with E-state index in [0.717, 1.165) is 36.6 Å². The van der Waals surface area contributed by atoms with Crippen LogP contribution in [0.2, 0.25) is 0 Å². The zero-order chi connectivity index (χ0) is 13.9. The number of hydrogen-bond acceptors (Lipinski definition) is 3. The van der Waals surface area contributed by atoms with Crippen LogP contribution >= 0.6 is 0 Å². The maximum atomic E-state index is 12.1. The Balaban J connectivity index is 1.75. The first kappa shape index (κ1) is 13.1. The van der Waals surface area contributed by atoms with Crippen molar-refractivity contribution in [2.75, 3.05) is 13.1 Å². The first-order valence-electron chi connectivity index (χ1n) is 6.53. The Bertz CT molecular complexity index is 562. The summed E-state index contributed by atoms with van der Waals surface area (Å²) in [6.07, 6.45) is 2.85. The molecule has 106 valence electrons. The van der Waals surface area contributed by atoms with E-state index in [-0.39, 0.29) is 5.75 Å². The summed E-state index contributed by atoms with van der Waals surface area (Å²) in [7, 11) is 0. The van der Waals surface area contributed by atoms with Crippen LogP contribution in [0.15, 0.2) is 30.5 Å². The molecule has 1 fully saturated rings. The molecule has 1 aromatic carbocycles. The molecule has 0 radical (unpaired) electrons. The van der Waals surface area contributed by atoms with Gasteiger partial charge in [0.15, 0.2) is 0 Å². The summed E-state index contributed by atoms with van der Waals surface area (Å²) in [5.74, 6) is 1.55. The lowest BCUT2D eigenvalue weighted by atomic mass is 10.1. The van der Waals surface area contributed by atoms with Gasteiger partial charge in [0.2, 0.25) is 0 Å². The van der Waals surface area contributed by atoms with Gasteiger partial charge in [-0.1, -0.05) is 0 Å². The highest BCUT2D eigenvalue weighted by atomic mass is 19.3. The second-order valence-electron chi connectivity index (χ2n) is 4.77. The molecular weight excluding hydrogens is 264 g/mol. The molecule has 1 aliphatic rings. The fourth-order valence-corrected chi connectivity index (χ4v) is 2.39. The Morgan fingerprint density at radius 1 is 1.25 bits per heavy atom. The smallest absolute Gasteiger partial charge is 0.387 e. The molecule has 0 saturated carbocycles. The van der Waals surface area contributed by atoms with E-state index in [2.05, 4.69) is 20.0 Å². The van der Waals surface area contributed by atoms with Crippen molar-refractivity contribution in [3.63, 3.8) is 0 Å². The normalized spacial score (nSPS) is 18.6. The van der Waals surface area contributed by atoms with Crippen LogP contribution in [-0.4, -0.2) is 29.7 Å². The van der Waals surface area contributed by atoms with Crippen LogP contribution in [0.1, 0.15) is 18.2 Å². The number of nitrogens with zero attached hydrogens (tertiary/aromatic N) is 1. The van der Waals surface area contributed by atoms with Gasteiger partial charge in [-0.25, -0.2) is 4.98 Å². The third-order valence-electron chi connectivity index (χ3n) is 3.43. The van der Waals surface area contributed by atoms with Crippen molar-refractivity contribution < 1.29 is 13.5 Å². The van der Waals surface area contributed by atoms with Crippen molar-refractivity contribution in [1.82, 2.24) is 15.3 Å². The molecule has 1 aliphatic heterocycles. The van der Waals surface area contributed by atoms with Gasteiger partial charge in [-0.3, -0.25) is 0 Å². The van der Waals surface area contributed by atoms with Crippen LogP contribution in [0, 0.1) is 0 Å². The summed E-state index contributed by atoms with van der Waals surface area (Å²) in [4.78, 5) is 7.69. The highest BCUT2D eigenvalue weighted by Gasteiger charge is 2.19. The van der Waals surface area contributed by atoms with E-state index in [1.807, 2.05) is 0 Å². The van der Waals surface area contributed by atoms with Crippen LogP contribution in [0.4, 0.5) is 8.78 Å².